The van der Waals surface area contributed by atoms with Crippen LogP contribution >= 0.6 is 0 Å². The fraction of sp³-hybridized carbons (Fsp3) is 0.917. The van der Waals surface area contributed by atoms with Gasteiger partial charge in [-0.15, -0.1) is 0 Å². The zero-order chi connectivity index (χ0) is 12.6. The average molecular weight is 231 g/mol. The van der Waals surface area contributed by atoms with Gasteiger partial charge < -0.3 is 15.2 Å². The minimum Gasteiger partial charge on any atom is -0.463 e. The van der Waals surface area contributed by atoms with E-state index in [4.69, 9.17) is 15.2 Å². The van der Waals surface area contributed by atoms with Crippen LogP contribution in [0.15, 0.2) is 0 Å². The van der Waals surface area contributed by atoms with Gasteiger partial charge in [0.25, 0.3) is 0 Å². The topological polar surface area (TPSA) is 61.5 Å². The van der Waals surface area contributed by atoms with Crippen LogP contribution in [-0.2, 0) is 14.3 Å². The standard InChI is InChI=1S/C12H25NO3/c1-5-6-15-7-8-16-11(14)9-10(13)12(2,3)4/h10H,5-9,13H2,1-4H3. The first-order chi connectivity index (χ1) is 7.38. The Hall–Kier alpha value is -0.610. The maximum Gasteiger partial charge on any atom is 0.307 e. The van der Waals surface area contributed by atoms with Gasteiger partial charge >= 0.3 is 5.97 Å². The lowest BCUT2D eigenvalue weighted by Gasteiger charge is -2.26. The molecular formula is C12H25NO3. The van der Waals surface area contributed by atoms with Crippen molar-refractivity contribution in [1.29, 1.82) is 0 Å². The van der Waals surface area contributed by atoms with Crippen molar-refractivity contribution in [3.63, 3.8) is 0 Å². The highest BCUT2D eigenvalue weighted by Crippen LogP contribution is 2.19. The van der Waals surface area contributed by atoms with Crippen LogP contribution in [0.3, 0.4) is 0 Å². The summed E-state index contributed by atoms with van der Waals surface area (Å²) in [4.78, 5) is 11.4. The molecule has 0 aromatic heterocycles. The quantitative estimate of drug-likeness (QED) is 0.535. The van der Waals surface area contributed by atoms with Crippen LogP contribution in [0.1, 0.15) is 40.5 Å². The van der Waals surface area contributed by atoms with Crippen LogP contribution in [0, 0.1) is 5.41 Å². The van der Waals surface area contributed by atoms with E-state index in [9.17, 15) is 4.79 Å². The van der Waals surface area contributed by atoms with Crippen LogP contribution in [0.4, 0.5) is 0 Å². The summed E-state index contributed by atoms with van der Waals surface area (Å²) in [7, 11) is 0. The number of hydrogen-bond acceptors (Lipinski definition) is 4. The molecule has 0 aromatic carbocycles. The van der Waals surface area contributed by atoms with Gasteiger partial charge in [0.05, 0.1) is 13.0 Å². The second kappa shape index (κ2) is 7.63. The van der Waals surface area contributed by atoms with Crippen LogP contribution in [0.25, 0.3) is 0 Å². The number of carbonyl (C=O) groups is 1. The molecule has 0 spiro atoms. The van der Waals surface area contributed by atoms with Crippen LogP contribution < -0.4 is 5.73 Å². The number of esters is 1. The van der Waals surface area contributed by atoms with Crippen molar-refractivity contribution in [2.75, 3.05) is 19.8 Å². The number of rotatable bonds is 7. The van der Waals surface area contributed by atoms with E-state index in [-0.39, 0.29) is 23.8 Å². The Bertz CT molecular complexity index is 199. The van der Waals surface area contributed by atoms with E-state index in [1.807, 2.05) is 27.7 Å². The second-order valence-electron chi connectivity index (χ2n) is 5.01. The zero-order valence-corrected chi connectivity index (χ0v) is 10.9. The van der Waals surface area contributed by atoms with Crippen molar-refractivity contribution in [2.45, 2.75) is 46.6 Å². The molecule has 0 aliphatic heterocycles. The zero-order valence-electron chi connectivity index (χ0n) is 10.9. The Labute approximate surface area is 98.5 Å². The summed E-state index contributed by atoms with van der Waals surface area (Å²) in [5.41, 5.74) is 5.80. The van der Waals surface area contributed by atoms with Gasteiger partial charge in [-0.2, -0.15) is 0 Å². The number of carbonyl (C=O) groups excluding carboxylic acids is 1. The molecule has 0 saturated carbocycles. The summed E-state index contributed by atoms with van der Waals surface area (Å²) in [5, 5.41) is 0. The van der Waals surface area contributed by atoms with Crippen molar-refractivity contribution in [3.05, 3.63) is 0 Å². The maximum atomic E-state index is 11.4. The minimum atomic E-state index is -0.248. The molecule has 0 heterocycles. The van der Waals surface area contributed by atoms with Crippen LogP contribution in [0.5, 0.6) is 0 Å². The van der Waals surface area contributed by atoms with Gasteiger partial charge in [0.15, 0.2) is 0 Å². The van der Waals surface area contributed by atoms with E-state index in [2.05, 4.69) is 0 Å². The molecule has 1 atom stereocenters. The van der Waals surface area contributed by atoms with E-state index in [1.54, 1.807) is 0 Å². The molecule has 4 nitrogen and oxygen atoms in total. The molecule has 96 valence electrons. The van der Waals surface area contributed by atoms with Gasteiger partial charge in [-0.05, 0) is 11.8 Å². The predicted octanol–water partition coefficient (Wildman–Crippen LogP) is 1.72. The molecule has 0 saturated heterocycles. The van der Waals surface area contributed by atoms with Gasteiger partial charge in [0.2, 0.25) is 0 Å². The molecule has 0 bridgehead atoms. The Morgan fingerprint density at radius 1 is 1.25 bits per heavy atom. The number of hydrogen-bond donors (Lipinski definition) is 1. The lowest BCUT2D eigenvalue weighted by Crippen LogP contribution is -2.37. The lowest BCUT2D eigenvalue weighted by atomic mass is 9.85. The maximum absolute atomic E-state index is 11.4. The molecule has 0 amide bonds. The van der Waals surface area contributed by atoms with Crippen LogP contribution in [0.2, 0.25) is 0 Å². The largest absolute Gasteiger partial charge is 0.463 e. The first-order valence-electron chi connectivity index (χ1n) is 5.87. The van der Waals surface area contributed by atoms with E-state index in [0.717, 1.165) is 6.42 Å². The number of ether oxygens (including phenoxy) is 2. The van der Waals surface area contributed by atoms with Crippen LogP contribution in [-0.4, -0.2) is 31.8 Å². The molecule has 2 N–H and O–H groups in total. The average Bonchev–Trinajstić information content (AvgIpc) is 2.16. The first-order valence-corrected chi connectivity index (χ1v) is 5.87. The summed E-state index contributed by atoms with van der Waals surface area (Å²) in [5.74, 6) is -0.248. The highest BCUT2D eigenvalue weighted by Gasteiger charge is 2.23. The fourth-order valence-corrected chi connectivity index (χ4v) is 1.01. The Balaban J connectivity index is 3.59. The van der Waals surface area contributed by atoms with Gasteiger partial charge in [0, 0.05) is 12.6 Å². The Kier molecular flexibility index (Phi) is 7.34. The Morgan fingerprint density at radius 2 is 1.88 bits per heavy atom. The third kappa shape index (κ3) is 7.65. The summed E-state index contributed by atoms with van der Waals surface area (Å²) < 4.78 is 10.2. The third-order valence-corrected chi connectivity index (χ3v) is 2.34. The fourth-order valence-electron chi connectivity index (χ4n) is 1.01. The molecular weight excluding hydrogens is 206 g/mol. The molecule has 0 rings (SSSR count). The van der Waals surface area contributed by atoms with Crippen molar-refractivity contribution in [1.82, 2.24) is 0 Å². The minimum absolute atomic E-state index is 0.0717. The number of nitrogens with two attached hydrogens (primary N) is 1. The van der Waals surface area contributed by atoms with Gasteiger partial charge in [-0.25, -0.2) is 0 Å². The highest BCUT2D eigenvalue weighted by atomic mass is 16.6. The predicted molar refractivity (Wildman–Crippen MR) is 64.1 cm³/mol. The Morgan fingerprint density at radius 3 is 2.38 bits per heavy atom. The van der Waals surface area contributed by atoms with Crippen molar-refractivity contribution in [2.24, 2.45) is 11.1 Å². The van der Waals surface area contributed by atoms with E-state index < -0.39 is 0 Å². The van der Waals surface area contributed by atoms with Crippen molar-refractivity contribution >= 4 is 5.97 Å². The molecule has 0 fully saturated rings. The van der Waals surface area contributed by atoms with E-state index >= 15 is 0 Å². The molecule has 1 unspecified atom stereocenters. The molecule has 0 aliphatic carbocycles. The van der Waals surface area contributed by atoms with Crippen molar-refractivity contribution in [3.8, 4) is 0 Å². The molecule has 0 aliphatic rings. The molecule has 0 radical (unpaired) electrons. The highest BCUT2D eigenvalue weighted by molar-refractivity contribution is 5.70. The molecule has 16 heavy (non-hydrogen) atoms. The summed E-state index contributed by atoms with van der Waals surface area (Å²) in [6.07, 6.45) is 1.24. The first kappa shape index (κ1) is 15.4. The second-order valence-corrected chi connectivity index (χ2v) is 5.01. The summed E-state index contributed by atoms with van der Waals surface area (Å²) in [6, 6.07) is -0.170. The van der Waals surface area contributed by atoms with E-state index in [1.165, 1.54) is 0 Å². The van der Waals surface area contributed by atoms with Gasteiger partial charge in [-0.3, -0.25) is 4.79 Å². The summed E-state index contributed by atoms with van der Waals surface area (Å²) >= 11 is 0. The SMILES string of the molecule is CCCOCCOC(=O)CC(N)C(C)(C)C. The van der Waals surface area contributed by atoms with Crippen molar-refractivity contribution < 1.29 is 14.3 Å². The normalized spacial score (nSPS) is 13.6. The third-order valence-electron chi connectivity index (χ3n) is 2.34. The van der Waals surface area contributed by atoms with Gasteiger partial charge in [0.1, 0.15) is 6.61 Å². The molecule has 4 heteroatoms. The lowest BCUT2D eigenvalue weighted by molar-refractivity contribution is -0.146. The molecule has 0 aromatic rings. The van der Waals surface area contributed by atoms with E-state index in [0.29, 0.717) is 19.8 Å². The monoisotopic (exact) mass is 231 g/mol. The van der Waals surface area contributed by atoms with Gasteiger partial charge in [-0.1, -0.05) is 27.7 Å². The summed E-state index contributed by atoms with van der Waals surface area (Å²) in [6.45, 7) is 9.55. The smallest absolute Gasteiger partial charge is 0.307 e.